The number of carbonyl (C=O) groups is 2. The van der Waals surface area contributed by atoms with Gasteiger partial charge in [0, 0.05) is 26.2 Å². The summed E-state index contributed by atoms with van der Waals surface area (Å²) in [4.78, 5) is 21.9. The Balaban J connectivity index is 3.80. The molecule has 0 aromatic carbocycles. The number of amides is 1. The minimum Gasteiger partial charge on any atom is -0.481 e. The third-order valence-electron chi connectivity index (χ3n) is 2.28. The molecular weight excluding hydrogens is 198 g/mol. The smallest absolute Gasteiger partial charge is 0.308 e. The third-order valence-corrected chi connectivity index (χ3v) is 2.28. The standard InChI is InChI=1S/C10H19NO4/c1-7(10(13)14)8(2)11-9(12)5-4-6-15-3/h7-8H,4-6H2,1-3H3,(H,11,12)(H,13,14). The van der Waals surface area contributed by atoms with E-state index < -0.39 is 11.9 Å². The van der Waals surface area contributed by atoms with Gasteiger partial charge in [0.15, 0.2) is 0 Å². The van der Waals surface area contributed by atoms with E-state index in [9.17, 15) is 9.59 Å². The van der Waals surface area contributed by atoms with Crippen LogP contribution in [0.25, 0.3) is 0 Å². The van der Waals surface area contributed by atoms with Crippen LogP contribution in [-0.2, 0) is 14.3 Å². The van der Waals surface area contributed by atoms with Crippen LogP contribution in [-0.4, -0.2) is 36.7 Å². The van der Waals surface area contributed by atoms with Crippen LogP contribution in [0.4, 0.5) is 0 Å². The highest BCUT2D eigenvalue weighted by Gasteiger charge is 2.20. The van der Waals surface area contributed by atoms with Crippen molar-refractivity contribution in [1.29, 1.82) is 0 Å². The number of carbonyl (C=O) groups excluding carboxylic acids is 1. The van der Waals surface area contributed by atoms with Crippen LogP contribution in [0.5, 0.6) is 0 Å². The Morgan fingerprint density at radius 3 is 2.47 bits per heavy atom. The zero-order valence-electron chi connectivity index (χ0n) is 9.45. The topological polar surface area (TPSA) is 75.6 Å². The van der Waals surface area contributed by atoms with Crippen LogP contribution in [0.2, 0.25) is 0 Å². The molecule has 0 aromatic heterocycles. The van der Waals surface area contributed by atoms with E-state index in [0.717, 1.165) is 0 Å². The van der Waals surface area contributed by atoms with Gasteiger partial charge >= 0.3 is 5.97 Å². The van der Waals surface area contributed by atoms with Gasteiger partial charge in [0.2, 0.25) is 5.91 Å². The fourth-order valence-corrected chi connectivity index (χ4v) is 1.04. The van der Waals surface area contributed by atoms with Crippen molar-refractivity contribution in [3.8, 4) is 0 Å². The largest absolute Gasteiger partial charge is 0.481 e. The lowest BCUT2D eigenvalue weighted by Gasteiger charge is -2.17. The van der Waals surface area contributed by atoms with Crippen LogP contribution in [0.1, 0.15) is 26.7 Å². The van der Waals surface area contributed by atoms with Crippen LogP contribution in [0.3, 0.4) is 0 Å². The maximum atomic E-state index is 11.3. The van der Waals surface area contributed by atoms with E-state index >= 15 is 0 Å². The first-order valence-corrected chi connectivity index (χ1v) is 5.00. The van der Waals surface area contributed by atoms with E-state index in [1.807, 2.05) is 0 Å². The molecule has 1 amide bonds. The Morgan fingerprint density at radius 1 is 1.40 bits per heavy atom. The molecule has 0 aliphatic rings. The number of aliphatic carboxylic acids is 1. The van der Waals surface area contributed by atoms with Gasteiger partial charge in [0.05, 0.1) is 5.92 Å². The van der Waals surface area contributed by atoms with E-state index in [2.05, 4.69) is 5.32 Å². The Hall–Kier alpha value is -1.10. The third kappa shape index (κ3) is 6.06. The Morgan fingerprint density at radius 2 is 2.00 bits per heavy atom. The lowest BCUT2D eigenvalue weighted by molar-refractivity contribution is -0.142. The molecule has 0 spiro atoms. The maximum Gasteiger partial charge on any atom is 0.308 e. The molecule has 0 fully saturated rings. The number of carboxylic acid groups (broad SMARTS) is 1. The summed E-state index contributed by atoms with van der Waals surface area (Å²) in [7, 11) is 1.58. The van der Waals surface area contributed by atoms with Gasteiger partial charge < -0.3 is 15.2 Å². The van der Waals surface area contributed by atoms with Crippen molar-refractivity contribution in [3.05, 3.63) is 0 Å². The monoisotopic (exact) mass is 217 g/mol. The highest BCUT2D eigenvalue weighted by molar-refractivity contribution is 5.77. The fourth-order valence-electron chi connectivity index (χ4n) is 1.04. The van der Waals surface area contributed by atoms with Crippen molar-refractivity contribution in [1.82, 2.24) is 5.32 Å². The Kier molecular flexibility index (Phi) is 6.70. The average Bonchev–Trinajstić information content (AvgIpc) is 2.16. The lowest BCUT2D eigenvalue weighted by atomic mass is 10.0. The van der Waals surface area contributed by atoms with Gasteiger partial charge in [0.1, 0.15) is 0 Å². The van der Waals surface area contributed by atoms with E-state index in [1.54, 1.807) is 21.0 Å². The van der Waals surface area contributed by atoms with Gasteiger partial charge in [-0.25, -0.2) is 0 Å². The van der Waals surface area contributed by atoms with Gasteiger partial charge in [-0.05, 0) is 20.3 Å². The van der Waals surface area contributed by atoms with Gasteiger partial charge in [-0.1, -0.05) is 0 Å². The van der Waals surface area contributed by atoms with Crippen LogP contribution >= 0.6 is 0 Å². The molecule has 2 atom stereocenters. The SMILES string of the molecule is COCCCC(=O)NC(C)C(C)C(=O)O. The first kappa shape index (κ1) is 13.9. The molecule has 0 aliphatic carbocycles. The molecule has 0 bridgehead atoms. The molecule has 5 nitrogen and oxygen atoms in total. The summed E-state index contributed by atoms with van der Waals surface area (Å²) in [5.41, 5.74) is 0. The molecule has 88 valence electrons. The molecule has 2 unspecified atom stereocenters. The van der Waals surface area contributed by atoms with Gasteiger partial charge in [-0.2, -0.15) is 0 Å². The number of rotatable bonds is 7. The minimum absolute atomic E-state index is 0.132. The minimum atomic E-state index is -0.903. The highest BCUT2D eigenvalue weighted by Crippen LogP contribution is 2.03. The average molecular weight is 217 g/mol. The molecular formula is C10H19NO4. The molecule has 0 aromatic rings. The molecule has 0 saturated carbocycles. The maximum absolute atomic E-state index is 11.3. The Bertz CT molecular complexity index is 217. The highest BCUT2D eigenvalue weighted by atomic mass is 16.5. The first-order valence-electron chi connectivity index (χ1n) is 5.00. The summed E-state index contributed by atoms with van der Waals surface area (Å²) in [5, 5.41) is 11.4. The molecule has 0 rings (SSSR count). The summed E-state index contributed by atoms with van der Waals surface area (Å²) in [5.74, 6) is -1.61. The molecule has 5 heteroatoms. The fraction of sp³-hybridized carbons (Fsp3) is 0.800. The van der Waals surface area contributed by atoms with Gasteiger partial charge in [0.25, 0.3) is 0 Å². The van der Waals surface area contributed by atoms with Crippen molar-refractivity contribution >= 4 is 11.9 Å². The molecule has 0 radical (unpaired) electrons. The van der Waals surface area contributed by atoms with E-state index in [1.165, 1.54) is 0 Å². The number of methoxy groups -OCH3 is 1. The van der Waals surface area contributed by atoms with Gasteiger partial charge in [-0.15, -0.1) is 0 Å². The zero-order chi connectivity index (χ0) is 11.8. The summed E-state index contributed by atoms with van der Waals surface area (Å²) in [6.07, 6.45) is 1.01. The second-order valence-electron chi connectivity index (χ2n) is 3.58. The lowest BCUT2D eigenvalue weighted by Crippen LogP contribution is -2.40. The summed E-state index contributed by atoms with van der Waals surface area (Å²) < 4.78 is 4.81. The molecule has 15 heavy (non-hydrogen) atoms. The molecule has 2 N–H and O–H groups in total. The van der Waals surface area contributed by atoms with Crippen LogP contribution in [0, 0.1) is 5.92 Å². The predicted octanol–water partition coefficient (Wildman–Crippen LogP) is 0.638. The summed E-state index contributed by atoms with van der Waals surface area (Å²) in [6, 6.07) is -0.349. The summed E-state index contributed by atoms with van der Waals surface area (Å²) >= 11 is 0. The van der Waals surface area contributed by atoms with E-state index in [4.69, 9.17) is 9.84 Å². The predicted molar refractivity (Wildman–Crippen MR) is 55.5 cm³/mol. The second kappa shape index (κ2) is 7.23. The van der Waals surface area contributed by atoms with E-state index in [-0.39, 0.29) is 11.9 Å². The molecule has 0 saturated heterocycles. The van der Waals surface area contributed by atoms with Crippen molar-refractivity contribution in [2.75, 3.05) is 13.7 Å². The number of hydrogen-bond acceptors (Lipinski definition) is 3. The number of hydrogen-bond donors (Lipinski definition) is 2. The molecule has 0 aliphatic heterocycles. The summed E-state index contributed by atoms with van der Waals surface area (Å²) in [6.45, 7) is 3.80. The van der Waals surface area contributed by atoms with Crippen molar-refractivity contribution in [2.45, 2.75) is 32.7 Å². The quantitative estimate of drug-likeness (QED) is 0.613. The van der Waals surface area contributed by atoms with E-state index in [0.29, 0.717) is 19.4 Å². The second-order valence-corrected chi connectivity index (χ2v) is 3.58. The molecule has 0 heterocycles. The van der Waals surface area contributed by atoms with Crippen molar-refractivity contribution < 1.29 is 19.4 Å². The first-order chi connectivity index (χ1) is 6.99. The Labute approximate surface area is 89.8 Å². The van der Waals surface area contributed by atoms with Crippen LogP contribution < -0.4 is 5.32 Å². The number of ether oxygens (including phenoxy) is 1. The van der Waals surface area contributed by atoms with Crippen LogP contribution in [0.15, 0.2) is 0 Å². The van der Waals surface area contributed by atoms with Gasteiger partial charge in [-0.3, -0.25) is 9.59 Å². The number of carboxylic acids is 1. The van der Waals surface area contributed by atoms with Crippen molar-refractivity contribution in [3.63, 3.8) is 0 Å². The number of nitrogens with one attached hydrogen (secondary N) is 1. The zero-order valence-corrected chi connectivity index (χ0v) is 9.45. The van der Waals surface area contributed by atoms with Crippen molar-refractivity contribution in [2.24, 2.45) is 5.92 Å². The normalized spacial score (nSPS) is 14.3.